The lowest BCUT2D eigenvalue weighted by atomic mass is 9.97. The SMILES string of the molecule is CCN1CCOC(C(Cc2cc(C)cc(C)c2)NC)C1. The molecule has 1 aliphatic heterocycles. The lowest BCUT2D eigenvalue weighted by Gasteiger charge is -2.36. The number of aryl methyl sites for hydroxylation is 2. The van der Waals surface area contributed by atoms with Crippen LogP contribution >= 0.6 is 0 Å². The molecule has 0 amide bonds. The van der Waals surface area contributed by atoms with E-state index in [2.05, 4.69) is 49.2 Å². The maximum atomic E-state index is 5.99. The number of ether oxygens (including phenoxy) is 1. The Bertz CT molecular complexity index is 413. The molecule has 1 aliphatic rings. The minimum Gasteiger partial charge on any atom is -0.374 e. The van der Waals surface area contributed by atoms with E-state index in [1.165, 1.54) is 16.7 Å². The Hall–Kier alpha value is -0.900. The van der Waals surface area contributed by atoms with E-state index in [1.54, 1.807) is 0 Å². The van der Waals surface area contributed by atoms with Crippen LogP contribution in [0.15, 0.2) is 18.2 Å². The maximum absolute atomic E-state index is 5.99. The van der Waals surface area contributed by atoms with Crippen molar-refractivity contribution < 1.29 is 4.74 Å². The molecule has 0 radical (unpaired) electrons. The van der Waals surface area contributed by atoms with Gasteiger partial charge in [0.05, 0.1) is 12.7 Å². The number of rotatable bonds is 5. The van der Waals surface area contributed by atoms with Gasteiger partial charge in [-0.05, 0) is 39.4 Å². The van der Waals surface area contributed by atoms with Gasteiger partial charge in [-0.1, -0.05) is 36.2 Å². The van der Waals surface area contributed by atoms with Gasteiger partial charge in [0.15, 0.2) is 0 Å². The van der Waals surface area contributed by atoms with Gasteiger partial charge in [-0.2, -0.15) is 0 Å². The van der Waals surface area contributed by atoms with Crippen molar-refractivity contribution in [3.8, 4) is 0 Å². The number of hydrogen-bond acceptors (Lipinski definition) is 3. The smallest absolute Gasteiger partial charge is 0.0858 e. The molecule has 0 spiro atoms. The minimum absolute atomic E-state index is 0.287. The summed E-state index contributed by atoms with van der Waals surface area (Å²) in [5.74, 6) is 0. The average Bonchev–Trinajstić information content (AvgIpc) is 2.44. The van der Waals surface area contributed by atoms with E-state index in [9.17, 15) is 0 Å². The standard InChI is InChI=1S/C17H28N2O/c1-5-19-6-7-20-17(12-19)16(18-4)11-15-9-13(2)8-14(3)10-15/h8-10,16-18H,5-7,11-12H2,1-4H3. The maximum Gasteiger partial charge on any atom is 0.0858 e. The molecule has 0 bridgehead atoms. The molecule has 1 saturated heterocycles. The predicted octanol–water partition coefficient (Wildman–Crippen LogP) is 2.15. The first kappa shape index (κ1) is 15.5. The third-order valence-corrected chi connectivity index (χ3v) is 4.18. The van der Waals surface area contributed by atoms with Crippen molar-refractivity contribution in [1.82, 2.24) is 10.2 Å². The summed E-state index contributed by atoms with van der Waals surface area (Å²) in [5.41, 5.74) is 4.09. The van der Waals surface area contributed by atoms with E-state index in [1.807, 2.05) is 7.05 Å². The summed E-state index contributed by atoms with van der Waals surface area (Å²) in [6, 6.07) is 7.19. The zero-order valence-electron chi connectivity index (χ0n) is 13.3. The number of likely N-dealkylation sites (N-methyl/N-ethyl adjacent to an activating group) is 2. The second-order valence-corrected chi connectivity index (χ2v) is 5.90. The Morgan fingerprint density at radius 2 is 2.00 bits per heavy atom. The number of benzene rings is 1. The monoisotopic (exact) mass is 276 g/mol. The van der Waals surface area contributed by atoms with Crippen LogP contribution in [0.25, 0.3) is 0 Å². The Balaban J connectivity index is 2.04. The highest BCUT2D eigenvalue weighted by atomic mass is 16.5. The highest BCUT2D eigenvalue weighted by Crippen LogP contribution is 2.16. The first-order valence-corrected chi connectivity index (χ1v) is 7.70. The molecular formula is C17H28N2O. The van der Waals surface area contributed by atoms with Gasteiger partial charge < -0.3 is 10.1 Å². The van der Waals surface area contributed by atoms with E-state index in [0.29, 0.717) is 6.04 Å². The fourth-order valence-corrected chi connectivity index (χ4v) is 3.12. The fourth-order valence-electron chi connectivity index (χ4n) is 3.12. The van der Waals surface area contributed by atoms with Crippen molar-refractivity contribution >= 4 is 0 Å². The molecule has 3 nitrogen and oxygen atoms in total. The largest absolute Gasteiger partial charge is 0.374 e. The highest BCUT2D eigenvalue weighted by molar-refractivity contribution is 5.29. The third kappa shape index (κ3) is 4.05. The summed E-state index contributed by atoms with van der Waals surface area (Å²) < 4.78 is 5.99. The molecule has 1 heterocycles. The van der Waals surface area contributed by atoms with Gasteiger partial charge in [-0.3, -0.25) is 4.90 Å². The summed E-state index contributed by atoms with van der Waals surface area (Å²) in [7, 11) is 2.04. The Labute approximate surface area is 123 Å². The molecule has 0 aromatic heterocycles. The zero-order chi connectivity index (χ0) is 14.5. The van der Waals surface area contributed by atoms with Crippen LogP contribution in [0.4, 0.5) is 0 Å². The van der Waals surface area contributed by atoms with Crippen molar-refractivity contribution in [3.63, 3.8) is 0 Å². The van der Waals surface area contributed by atoms with Crippen LogP contribution in [0.5, 0.6) is 0 Å². The van der Waals surface area contributed by atoms with Crippen LogP contribution in [-0.2, 0) is 11.2 Å². The molecule has 20 heavy (non-hydrogen) atoms. The van der Waals surface area contributed by atoms with E-state index in [-0.39, 0.29) is 6.10 Å². The highest BCUT2D eigenvalue weighted by Gasteiger charge is 2.26. The van der Waals surface area contributed by atoms with Gasteiger partial charge in [0, 0.05) is 19.1 Å². The molecular weight excluding hydrogens is 248 g/mol. The molecule has 112 valence electrons. The van der Waals surface area contributed by atoms with Gasteiger partial charge in [0.2, 0.25) is 0 Å². The summed E-state index contributed by atoms with van der Waals surface area (Å²) in [6.07, 6.45) is 1.32. The lowest BCUT2D eigenvalue weighted by molar-refractivity contribution is -0.0436. The first-order valence-electron chi connectivity index (χ1n) is 7.70. The average molecular weight is 276 g/mol. The number of nitrogens with zero attached hydrogens (tertiary/aromatic N) is 1. The summed E-state index contributed by atoms with van der Waals surface area (Å²) in [6.45, 7) is 10.6. The lowest BCUT2D eigenvalue weighted by Crippen LogP contribution is -2.52. The second kappa shape index (κ2) is 7.21. The normalized spacial score (nSPS) is 21.9. The van der Waals surface area contributed by atoms with Crippen molar-refractivity contribution in [2.24, 2.45) is 0 Å². The molecule has 0 saturated carbocycles. The van der Waals surface area contributed by atoms with E-state index >= 15 is 0 Å². The number of morpholine rings is 1. The Morgan fingerprint density at radius 1 is 1.30 bits per heavy atom. The van der Waals surface area contributed by atoms with Crippen LogP contribution in [0.1, 0.15) is 23.6 Å². The third-order valence-electron chi connectivity index (χ3n) is 4.18. The molecule has 1 N–H and O–H groups in total. The zero-order valence-corrected chi connectivity index (χ0v) is 13.3. The van der Waals surface area contributed by atoms with Crippen molar-refractivity contribution in [2.75, 3.05) is 33.3 Å². The fraction of sp³-hybridized carbons (Fsp3) is 0.647. The van der Waals surface area contributed by atoms with Gasteiger partial charge in [0.25, 0.3) is 0 Å². The molecule has 2 atom stereocenters. The topological polar surface area (TPSA) is 24.5 Å². The second-order valence-electron chi connectivity index (χ2n) is 5.90. The van der Waals surface area contributed by atoms with E-state index in [0.717, 1.165) is 32.7 Å². The molecule has 0 aliphatic carbocycles. The summed E-state index contributed by atoms with van der Waals surface area (Å²) in [5, 5.41) is 3.45. The first-order chi connectivity index (χ1) is 9.62. The van der Waals surface area contributed by atoms with Crippen molar-refractivity contribution in [1.29, 1.82) is 0 Å². The number of hydrogen-bond donors (Lipinski definition) is 1. The van der Waals surface area contributed by atoms with Crippen LogP contribution in [0.2, 0.25) is 0 Å². The predicted molar refractivity (Wildman–Crippen MR) is 84.3 cm³/mol. The van der Waals surface area contributed by atoms with Gasteiger partial charge in [-0.25, -0.2) is 0 Å². The Kier molecular flexibility index (Phi) is 5.58. The van der Waals surface area contributed by atoms with E-state index in [4.69, 9.17) is 4.74 Å². The van der Waals surface area contributed by atoms with Crippen LogP contribution in [-0.4, -0.2) is 50.3 Å². The van der Waals surface area contributed by atoms with E-state index < -0.39 is 0 Å². The van der Waals surface area contributed by atoms with Gasteiger partial charge >= 0.3 is 0 Å². The molecule has 1 aromatic carbocycles. The summed E-state index contributed by atoms with van der Waals surface area (Å²) in [4.78, 5) is 2.47. The van der Waals surface area contributed by atoms with Crippen molar-refractivity contribution in [3.05, 3.63) is 34.9 Å². The minimum atomic E-state index is 0.287. The van der Waals surface area contributed by atoms with Gasteiger partial charge in [-0.15, -0.1) is 0 Å². The van der Waals surface area contributed by atoms with Crippen molar-refractivity contribution in [2.45, 2.75) is 39.3 Å². The summed E-state index contributed by atoms with van der Waals surface area (Å²) >= 11 is 0. The van der Waals surface area contributed by atoms with Crippen LogP contribution < -0.4 is 5.32 Å². The molecule has 1 aromatic rings. The van der Waals surface area contributed by atoms with Crippen LogP contribution in [0.3, 0.4) is 0 Å². The molecule has 2 unspecified atom stereocenters. The van der Waals surface area contributed by atoms with Crippen LogP contribution in [0, 0.1) is 13.8 Å². The quantitative estimate of drug-likeness (QED) is 0.892. The molecule has 2 rings (SSSR count). The molecule has 3 heteroatoms. The Morgan fingerprint density at radius 3 is 2.60 bits per heavy atom. The van der Waals surface area contributed by atoms with Gasteiger partial charge in [0.1, 0.15) is 0 Å². The molecule has 1 fully saturated rings. The number of nitrogens with one attached hydrogen (secondary N) is 1.